The van der Waals surface area contributed by atoms with E-state index in [0.717, 1.165) is 10.4 Å². The lowest BCUT2D eigenvalue weighted by Gasteiger charge is -2.19. The zero-order chi connectivity index (χ0) is 17.3. The number of hydrogen-bond acceptors (Lipinski definition) is 5. The van der Waals surface area contributed by atoms with Crippen LogP contribution < -0.4 is 5.32 Å². The van der Waals surface area contributed by atoms with Crippen LogP contribution in [0.4, 0.5) is 0 Å². The topological polar surface area (TPSA) is 117 Å². The van der Waals surface area contributed by atoms with E-state index in [0.29, 0.717) is 0 Å². The molecule has 0 unspecified atom stereocenters. The first kappa shape index (κ1) is 18.2. The molecule has 0 atom stereocenters. The van der Waals surface area contributed by atoms with Gasteiger partial charge in [-0.3, -0.25) is 9.59 Å². The average molecular weight is 332 g/mol. The molecule has 1 rings (SSSR count). The molecule has 0 fully saturated rings. The van der Waals surface area contributed by atoms with E-state index in [4.69, 9.17) is 9.52 Å². The summed E-state index contributed by atoms with van der Waals surface area (Å²) < 4.78 is 30.0. The maximum atomic E-state index is 12.1. The third-order valence-corrected chi connectivity index (χ3v) is 4.82. The van der Waals surface area contributed by atoms with E-state index >= 15 is 0 Å². The molecule has 0 radical (unpaired) electrons. The summed E-state index contributed by atoms with van der Waals surface area (Å²) in [4.78, 5) is 23.1. The minimum absolute atomic E-state index is 0.0570. The number of sulfonamides is 1. The molecule has 0 aliphatic heterocycles. The molecule has 0 aliphatic carbocycles. The molecule has 0 saturated heterocycles. The highest BCUT2D eigenvalue weighted by Crippen LogP contribution is 2.21. The number of carbonyl (C=O) groups excluding carboxylic acids is 1. The van der Waals surface area contributed by atoms with Gasteiger partial charge in [0.05, 0.1) is 11.0 Å². The largest absolute Gasteiger partial charge is 0.481 e. The minimum atomic E-state index is -3.78. The Morgan fingerprint density at radius 3 is 2.36 bits per heavy atom. The Bertz CT molecular complexity index is 687. The van der Waals surface area contributed by atoms with Crippen LogP contribution in [0.1, 0.15) is 30.0 Å². The number of rotatable bonds is 6. The van der Waals surface area contributed by atoms with Crippen molar-refractivity contribution >= 4 is 21.9 Å². The Hall–Kier alpha value is -1.87. The fourth-order valence-corrected chi connectivity index (χ4v) is 2.32. The fourth-order valence-electron chi connectivity index (χ4n) is 1.46. The van der Waals surface area contributed by atoms with Crippen molar-refractivity contribution in [3.63, 3.8) is 0 Å². The van der Waals surface area contributed by atoms with Crippen molar-refractivity contribution in [1.82, 2.24) is 9.62 Å². The number of nitrogens with one attached hydrogen (secondary N) is 1. The van der Waals surface area contributed by atoms with Crippen molar-refractivity contribution in [3.05, 3.63) is 17.4 Å². The van der Waals surface area contributed by atoms with Gasteiger partial charge in [-0.15, -0.1) is 0 Å². The highest BCUT2D eigenvalue weighted by atomic mass is 32.2. The summed E-state index contributed by atoms with van der Waals surface area (Å²) in [6.45, 7) is 4.31. The smallest absolute Gasteiger partial charge is 0.310 e. The van der Waals surface area contributed by atoms with Crippen LogP contribution in [-0.2, 0) is 14.8 Å². The number of amides is 1. The van der Waals surface area contributed by atoms with Gasteiger partial charge in [-0.05, 0) is 20.8 Å². The summed E-state index contributed by atoms with van der Waals surface area (Å²) in [5.41, 5.74) is -1.08. The molecule has 0 spiro atoms. The van der Waals surface area contributed by atoms with Crippen LogP contribution in [0, 0.1) is 12.3 Å². The van der Waals surface area contributed by atoms with Crippen LogP contribution in [0.3, 0.4) is 0 Å². The Labute approximate surface area is 129 Å². The van der Waals surface area contributed by atoms with Crippen molar-refractivity contribution in [3.8, 4) is 0 Å². The molecule has 0 bridgehead atoms. The maximum Gasteiger partial charge on any atom is 0.310 e. The molecule has 1 aromatic rings. The molecule has 22 heavy (non-hydrogen) atoms. The van der Waals surface area contributed by atoms with Crippen LogP contribution in [0.2, 0.25) is 0 Å². The third kappa shape index (κ3) is 3.66. The van der Waals surface area contributed by atoms with Crippen molar-refractivity contribution in [2.24, 2.45) is 5.41 Å². The number of aliphatic carboxylic acids is 1. The molecule has 9 heteroatoms. The van der Waals surface area contributed by atoms with Gasteiger partial charge in [-0.2, -0.15) is 0 Å². The molecular formula is C13H20N2O6S. The Morgan fingerprint density at radius 1 is 1.36 bits per heavy atom. The quantitative estimate of drug-likeness (QED) is 0.791. The van der Waals surface area contributed by atoms with Gasteiger partial charge >= 0.3 is 5.97 Å². The first-order valence-electron chi connectivity index (χ1n) is 6.44. The summed E-state index contributed by atoms with van der Waals surface area (Å²) in [5.74, 6) is -1.49. The number of hydrogen-bond donors (Lipinski definition) is 2. The lowest BCUT2D eigenvalue weighted by Crippen LogP contribution is -2.38. The predicted molar refractivity (Wildman–Crippen MR) is 78.1 cm³/mol. The minimum Gasteiger partial charge on any atom is -0.481 e. The lowest BCUT2D eigenvalue weighted by atomic mass is 9.94. The number of carboxylic acids is 1. The second-order valence-electron chi connectivity index (χ2n) is 5.69. The van der Waals surface area contributed by atoms with Crippen LogP contribution in [0.25, 0.3) is 0 Å². The fraction of sp³-hybridized carbons (Fsp3) is 0.538. The standard InChI is InChI=1S/C13H20N2O6S/c1-8-9(6-10(21-8)22(19,20)15(4)5)11(16)14-7-13(2,3)12(17)18/h6H,7H2,1-5H3,(H,14,16)(H,17,18). The van der Waals surface area contributed by atoms with Crippen LogP contribution in [0.5, 0.6) is 0 Å². The van der Waals surface area contributed by atoms with Gasteiger partial charge in [-0.25, -0.2) is 12.7 Å². The SMILES string of the molecule is Cc1oc(S(=O)(=O)N(C)C)cc1C(=O)NCC(C)(C)C(=O)O. The summed E-state index contributed by atoms with van der Waals surface area (Å²) in [6, 6.07) is 1.13. The molecule has 0 aromatic carbocycles. The molecule has 2 N–H and O–H groups in total. The van der Waals surface area contributed by atoms with Gasteiger partial charge in [-0.1, -0.05) is 0 Å². The number of carbonyl (C=O) groups is 2. The third-order valence-electron chi connectivity index (χ3n) is 3.14. The highest BCUT2D eigenvalue weighted by molar-refractivity contribution is 7.88. The Balaban J connectivity index is 2.98. The first-order valence-corrected chi connectivity index (χ1v) is 7.88. The summed E-state index contributed by atoms with van der Waals surface area (Å²) >= 11 is 0. The first-order chi connectivity index (χ1) is 9.89. The van der Waals surface area contributed by atoms with Crippen LogP contribution in [0.15, 0.2) is 15.6 Å². The monoisotopic (exact) mass is 332 g/mol. The van der Waals surface area contributed by atoms with Gasteiger partial charge in [0.2, 0.25) is 5.09 Å². The summed E-state index contributed by atoms with van der Waals surface area (Å²) in [7, 11) is -1.08. The van der Waals surface area contributed by atoms with Crippen molar-refractivity contribution in [1.29, 1.82) is 0 Å². The van der Waals surface area contributed by atoms with E-state index in [-0.39, 0.29) is 23.0 Å². The molecule has 0 aliphatic rings. The van der Waals surface area contributed by atoms with E-state index in [1.165, 1.54) is 34.9 Å². The van der Waals surface area contributed by atoms with Gasteiger partial charge in [0.15, 0.2) is 0 Å². The van der Waals surface area contributed by atoms with Crippen LogP contribution >= 0.6 is 0 Å². The Morgan fingerprint density at radius 2 is 1.91 bits per heavy atom. The lowest BCUT2D eigenvalue weighted by molar-refractivity contribution is -0.146. The molecule has 8 nitrogen and oxygen atoms in total. The average Bonchev–Trinajstić information content (AvgIpc) is 2.78. The van der Waals surface area contributed by atoms with Crippen molar-refractivity contribution in [2.75, 3.05) is 20.6 Å². The number of nitrogens with zero attached hydrogens (tertiary/aromatic N) is 1. The van der Waals surface area contributed by atoms with Gasteiger partial charge < -0.3 is 14.8 Å². The summed E-state index contributed by atoms with van der Waals surface area (Å²) in [6.07, 6.45) is 0. The normalized spacial score (nSPS) is 12.5. The zero-order valence-electron chi connectivity index (χ0n) is 13.1. The molecule has 0 saturated carbocycles. The second-order valence-corrected chi connectivity index (χ2v) is 7.78. The summed E-state index contributed by atoms with van der Waals surface area (Å²) in [5, 5.41) is 11.1. The van der Waals surface area contributed by atoms with E-state index in [9.17, 15) is 18.0 Å². The number of aryl methyl sites for hydroxylation is 1. The van der Waals surface area contributed by atoms with E-state index < -0.39 is 27.3 Å². The van der Waals surface area contributed by atoms with Gasteiger partial charge in [0.25, 0.3) is 15.9 Å². The molecular weight excluding hydrogens is 312 g/mol. The second kappa shape index (κ2) is 6.09. The molecule has 1 amide bonds. The Kier molecular flexibility index (Phi) is 5.03. The van der Waals surface area contributed by atoms with Crippen molar-refractivity contribution in [2.45, 2.75) is 25.9 Å². The van der Waals surface area contributed by atoms with E-state index in [1.807, 2.05) is 0 Å². The van der Waals surface area contributed by atoms with E-state index in [1.54, 1.807) is 0 Å². The number of furan rings is 1. The zero-order valence-corrected chi connectivity index (χ0v) is 13.9. The van der Waals surface area contributed by atoms with Crippen LogP contribution in [-0.4, -0.2) is 50.3 Å². The van der Waals surface area contributed by atoms with E-state index in [2.05, 4.69) is 5.32 Å². The van der Waals surface area contributed by atoms with Gasteiger partial charge in [0.1, 0.15) is 5.76 Å². The molecule has 1 heterocycles. The molecule has 124 valence electrons. The van der Waals surface area contributed by atoms with Crippen molar-refractivity contribution < 1.29 is 27.5 Å². The highest BCUT2D eigenvalue weighted by Gasteiger charge is 2.29. The predicted octanol–water partition coefficient (Wildman–Crippen LogP) is 0.679. The van der Waals surface area contributed by atoms with Gasteiger partial charge in [0, 0.05) is 26.7 Å². The number of carboxylic acid groups (broad SMARTS) is 1. The maximum absolute atomic E-state index is 12.1. The molecule has 1 aromatic heterocycles.